The van der Waals surface area contributed by atoms with Crippen LogP contribution in [0.5, 0.6) is 0 Å². The average molecular weight is 319 g/mol. The highest BCUT2D eigenvalue weighted by atomic mass is 32.2. The summed E-state index contributed by atoms with van der Waals surface area (Å²) in [5, 5.41) is 0. The number of alkyl halides is 3. The van der Waals surface area contributed by atoms with E-state index in [1.54, 1.807) is 6.08 Å². The standard InChI is InChI=1S/C14H16F3NO2S/c1-3-9(13(19)20-2)6-7-21-12-5-4-10(8-11(12)18)14(15,16)17/h4-6,8H,3,7,18H2,1-2H3. The van der Waals surface area contributed by atoms with Gasteiger partial charge in [-0.1, -0.05) is 13.0 Å². The summed E-state index contributed by atoms with van der Waals surface area (Å²) in [4.78, 5) is 11.9. The Bertz CT molecular complexity index is 542. The number of benzene rings is 1. The van der Waals surface area contributed by atoms with Gasteiger partial charge in [0.05, 0.1) is 12.7 Å². The van der Waals surface area contributed by atoms with Crippen LogP contribution in [0.2, 0.25) is 0 Å². The van der Waals surface area contributed by atoms with Gasteiger partial charge in [0.2, 0.25) is 0 Å². The predicted octanol–water partition coefficient (Wildman–Crippen LogP) is 3.89. The van der Waals surface area contributed by atoms with Crippen LogP contribution in [0.25, 0.3) is 0 Å². The topological polar surface area (TPSA) is 52.3 Å². The lowest BCUT2D eigenvalue weighted by Gasteiger charge is -2.10. The first kappa shape index (κ1) is 17.4. The van der Waals surface area contributed by atoms with E-state index in [9.17, 15) is 18.0 Å². The van der Waals surface area contributed by atoms with Crippen LogP contribution in [0, 0.1) is 0 Å². The van der Waals surface area contributed by atoms with Gasteiger partial charge >= 0.3 is 12.1 Å². The number of halogens is 3. The molecular weight excluding hydrogens is 303 g/mol. The number of nitrogen functional groups attached to an aromatic ring is 1. The van der Waals surface area contributed by atoms with Crippen LogP contribution in [0.1, 0.15) is 18.9 Å². The fourth-order valence-electron chi connectivity index (χ4n) is 1.59. The number of nitrogens with two attached hydrogens (primary N) is 1. The first-order chi connectivity index (χ1) is 9.79. The van der Waals surface area contributed by atoms with Crippen molar-refractivity contribution in [1.29, 1.82) is 0 Å². The van der Waals surface area contributed by atoms with E-state index in [1.165, 1.54) is 24.9 Å². The van der Waals surface area contributed by atoms with Crippen molar-refractivity contribution in [3.63, 3.8) is 0 Å². The number of ether oxygens (including phenoxy) is 1. The molecule has 21 heavy (non-hydrogen) atoms. The Morgan fingerprint density at radius 2 is 2.10 bits per heavy atom. The van der Waals surface area contributed by atoms with E-state index in [-0.39, 0.29) is 5.69 Å². The Morgan fingerprint density at radius 1 is 1.43 bits per heavy atom. The number of anilines is 1. The number of hydrogen-bond donors (Lipinski definition) is 1. The van der Waals surface area contributed by atoms with Gasteiger partial charge in [0.15, 0.2) is 0 Å². The van der Waals surface area contributed by atoms with E-state index in [2.05, 4.69) is 4.74 Å². The minimum absolute atomic E-state index is 0.0688. The molecule has 0 saturated carbocycles. The van der Waals surface area contributed by atoms with Crippen molar-refractivity contribution in [3.8, 4) is 0 Å². The maximum absolute atomic E-state index is 12.5. The second-order valence-corrected chi connectivity index (χ2v) is 5.20. The van der Waals surface area contributed by atoms with Gasteiger partial charge in [-0.2, -0.15) is 13.2 Å². The Labute approximate surface area is 125 Å². The molecule has 1 aromatic carbocycles. The fourth-order valence-corrected chi connectivity index (χ4v) is 2.45. The van der Waals surface area contributed by atoms with E-state index in [0.29, 0.717) is 22.6 Å². The Hall–Kier alpha value is -1.63. The van der Waals surface area contributed by atoms with Gasteiger partial charge < -0.3 is 10.5 Å². The molecule has 3 nitrogen and oxygen atoms in total. The van der Waals surface area contributed by atoms with Gasteiger partial charge in [0, 0.05) is 21.9 Å². The normalized spacial score (nSPS) is 12.3. The molecule has 0 bridgehead atoms. The summed E-state index contributed by atoms with van der Waals surface area (Å²) in [5.74, 6) is 0.0203. The van der Waals surface area contributed by atoms with Gasteiger partial charge in [0.1, 0.15) is 0 Å². The number of carbonyl (C=O) groups is 1. The van der Waals surface area contributed by atoms with E-state index < -0.39 is 17.7 Å². The van der Waals surface area contributed by atoms with Crippen molar-refractivity contribution in [3.05, 3.63) is 35.4 Å². The smallest absolute Gasteiger partial charge is 0.416 e. The summed E-state index contributed by atoms with van der Waals surface area (Å²) in [6.45, 7) is 1.82. The van der Waals surface area contributed by atoms with E-state index in [4.69, 9.17) is 5.73 Å². The lowest BCUT2D eigenvalue weighted by molar-refractivity contribution is -0.138. The molecule has 0 heterocycles. The monoisotopic (exact) mass is 319 g/mol. The fraction of sp³-hybridized carbons (Fsp3) is 0.357. The summed E-state index contributed by atoms with van der Waals surface area (Å²) in [6.07, 6.45) is -2.19. The molecule has 1 rings (SSSR count). The first-order valence-electron chi connectivity index (χ1n) is 6.16. The minimum Gasteiger partial charge on any atom is -0.466 e. The van der Waals surface area contributed by atoms with E-state index >= 15 is 0 Å². The third-order valence-electron chi connectivity index (χ3n) is 2.73. The number of thioether (sulfide) groups is 1. The van der Waals surface area contributed by atoms with Crippen LogP contribution in [0.15, 0.2) is 34.7 Å². The van der Waals surface area contributed by atoms with Crippen LogP contribution in [-0.4, -0.2) is 18.8 Å². The minimum atomic E-state index is -4.41. The van der Waals surface area contributed by atoms with Gasteiger partial charge in [-0.05, 0) is 24.6 Å². The van der Waals surface area contributed by atoms with Gasteiger partial charge in [-0.25, -0.2) is 4.79 Å². The van der Waals surface area contributed by atoms with Crippen molar-refractivity contribution < 1.29 is 22.7 Å². The van der Waals surface area contributed by atoms with Gasteiger partial charge in [-0.15, -0.1) is 11.8 Å². The Morgan fingerprint density at radius 3 is 2.57 bits per heavy atom. The summed E-state index contributed by atoms with van der Waals surface area (Å²) in [6, 6.07) is 3.23. The van der Waals surface area contributed by atoms with Crippen molar-refractivity contribution in [2.45, 2.75) is 24.4 Å². The molecule has 0 atom stereocenters. The molecule has 2 N–H and O–H groups in total. The summed E-state index contributed by atoms with van der Waals surface area (Å²) in [5.41, 5.74) is 5.44. The Kier molecular flexibility index (Phi) is 6.14. The number of hydrogen-bond acceptors (Lipinski definition) is 4. The molecule has 0 aliphatic rings. The van der Waals surface area contributed by atoms with E-state index in [1.807, 2.05) is 6.92 Å². The van der Waals surface area contributed by atoms with Gasteiger partial charge in [0.25, 0.3) is 0 Å². The molecule has 0 aliphatic carbocycles. The van der Waals surface area contributed by atoms with Crippen molar-refractivity contribution in [2.24, 2.45) is 0 Å². The summed E-state index contributed by atoms with van der Waals surface area (Å²) in [7, 11) is 1.30. The quantitative estimate of drug-likeness (QED) is 0.387. The van der Waals surface area contributed by atoms with Gasteiger partial charge in [-0.3, -0.25) is 0 Å². The highest BCUT2D eigenvalue weighted by Crippen LogP contribution is 2.34. The molecule has 0 spiro atoms. The predicted molar refractivity (Wildman–Crippen MR) is 77.0 cm³/mol. The maximum atomic E-state index is 12.5. The van der Waals surface area contributed by atoms with Crippen LogP contribution in [0.3, 0.4) is 0 Å². The average Bonchev–Trinajstić information content (AvgIpc) is 2.43. The number of rotatable bonds is 5. The molecule has 116 valence electrons. The zero-order valence-electron chi connectivity index (χ0n) is 11.7. The largest absolute Gasteiger partial charge is 0.466 e. The van der Waals surface area contributed by atoms with Crippen molar-refractivity contribution >= 4 is 23.4 Å². The second-order valence-electron chi connectivity index (χ2n) is 4.14. The summed E-state index contributed by atoms with van der Waals surface area (Å²) >= 11 is 1.26. The number of esters is 1. The molecule has 0 unspecified atom stereocenters. The lowest BCUT2D eigenvalue weighted by Crippen LogP contribution is -2.06. The zero-order chi connectivity index (χ0) is 16.0. The zero-order valence-corrected chi connectivity index (χ0v) is 12.5. The van der Waals surface area contributed by atoms with Crippen LogP contribution in [0.4, 0.5) is 18.9 Å². The molecule has 7 heteroatoms. The lowest BCUT2D eigenvalue weighted by atomic mass is 10.2. The number of carbonyl (C=O) groups excluding carboxylic acids is 1. The van der Waals surface area contributed by atoms with Crippen molar-refractivity contribution in [1.82, 2.24) is 0 Å². The van der Waals surface area contributed by atoms with Crippen molar-refractivity contribution in [2.75, 3.05) is 18.6 Å². The second kappa shape index (κ2) is 7.40. The molecule has 0 saturated heterocycles. The molecule has 0 radical (unpaired) electrons. The molecular formula is C14H16F3NO2S. The first-order valence-corrected chi connectivity index (χ1v) is 7.15. The maximum Gasteiger partial charge on any atom is 0.416 e. The Balaban J connectivity index is 2.77. The van der Waals surface area contributed by atoms with Crippen LogP contribution >= 0.6 is 11.8 Å². The van der Waals surface area contributed by atoms with E-state index in [0.717, 1.165) is 12.1 Å². The molecule has 0 amide bonds. The molecule has 0 fully saturated rings. The molecule has 0 aromatic heterocycles. The SMILES string of the molecule is CCC(=CCSc1ccc(C(F)(F)F)cc1N)C(=O)OC. The number of methoxy groups -OCH3 is 1. The third-order valence-corrected chi connectivity index (χ3v) is 3.75. The highest BCUT2D eigenvalue weighted by molar-refractivity contribution is 7.99. The molecule has 0 aliphatic heterocycles. The summed E-state index contributed by atoms with van der Waals surface area (Å²) < 4.78 is 42.1. The highest BCUT2D eigenvalue weighted by Gasteiger charge is 2.30. The third kappa shape index (κ3) is 5.00. The molecule has 1 aromatic rings. The van der Waals surface area contributed by atoms with Crippen LogP contribution in [-0.2, 0) is 15.7 Å². The van der Waals surface area contributed by atoms with Crippen LogP contribution < -0.4 is 5.73 Å².